The summed E-state index contributed by atoms with van der Waals surface area (Å²) in [6, 6.07) is 0.933. The number of hydrogen-bond acceptors (Lipinski definition) is 4. The van der Waals surface area contributed by atoms with E-state index < -0.39 is 35.0 Å². The fourth-order valence-corrected chi connectivity index (χ4v) is 4.87. The van der Waals surface area contributed by atoms with Gasteiger partial charge in [0.1, 0.15) is 11.4 Å². The van der Waals surface area contributed by atoms with Crippen LogP contribution >= 0.6 is 0 Å². The van der Waals surface area contributed by atoms with Crippen LogP contribution in [0.5, 0.6) is 0 Å². The monoisotopic (exact) mass is 425 g/mol. The van der Waals surface area contributed by atoms with Crippen LogP contribution in [0.2, 0.25) is 0 Å². The van der Waals surface area contributed by atoms with Crippen molar-refractivity contribution in [3.8, 4) is 0 Å². The molecule has 4 N–H and O–H groups in total. The second-order valence-electron chi connectivity index (χ2n) is 8.86. The third-order valence-corrected chi connectivity index (χ3v) is 6.75. The molecule has 3 fully saturated rings. The summed E-state index contributed by atoms with van der Waals surface area (Å²) in [6.45, 7) is -0.148. The highest BCUT2D eigenvalue weighted by atomic mass is 19.2. The molecule has 2 saturated heterocycles. The van der Waals surface area contributed by atoms with Crippen LogP contribution in [0.15, 0.2) is 12.1 Å². The second kappa shape index (κ2) is 7.85. The minimum absolute atomic E-state index is 0.0111. The number of fused-ring (bicyclic) bond motifs is 2. The second-order valence-corrected chi connectivity index (χ2v) is 8.86. The zero-order chi connectivity index (χ0) is 21.6. The first kappa shape index (κ1) is 21.1. The number of nitrogens with two attached hydrogens (primary N) is 1. The molecule has 2 amide bonds. The Balaban J connectivity index is 1.34. The van der Waals surface area contributed by atoms with E-state index in [1.807, 2.05) is 0 Å². The Morgan fingerprint density at radius 2 is 1.73 bits per heavy atom. The van der Waals surface area contributed by atoms with Gasteiger partial charge in [0.05, 0.1) is 6.54 Å². The number of carbonyl (C=O) groups is 2. The van der Waals surface area contributed by atoms with Crippen LogP contribution in [0.4, 0.5) is 13.2 Å². The average molecular weight is 425 g/mol. The van der Waals surface area contributed by atoms with Gasteiger partial charge in [-0.15, -0.1) is 0 Å². The molecule has 1 unspecified atom stereocenters. The van der Waals surface area contributed by atoms with E-state index in [-0.39, 0.29) is 42.4 Å². The number of aliphatic hydroxyl groups is 1. The van der Waals surface area contributed by atoms with Gasteiger partial charge in [0.25, 0.3) is 5.91 Å². The van der Waals surface area contributed by atoms with Gasteiger partial charge in [0.15, 0.2) is 11.6 Å². The Hall–Kier alpha value is -2.13. The minimum Gasteiger partial charge on any atom is -0.380 e. The van der Waals surface area contributed by atoms with Gasteiger partial charge in [0, 0.05) is 24.2 Å². The van der Waals surface area contributed by atoms with E-state index in [2.05, 4.69) is 5.32 Å². The molecule has 0 radical (unpaired) electrons. The van der Waals surface area contributed by atoms with E-state index in [0.29, 0.717) is 31.7 Å². The molecule has 1 aliphatic carbocycles. The van der Waals surface area contributed by atoms with Gasteiger partial charge < -0.3 is 21.1 Å². The number of piperidine rings is 1. The normalized spacial score (nSPS) is 27.6. The van der Waals surface area contributed by atoms with Crippen LogP contribution in [-0.2, 0) is 16.0 Å². The van der Waals surface area contributed by atoms with Crippen molar-refractivity contribution >= 4 is 11.8 Å². The summed E-state index contributed by atoms with van der Waals surface area (Å²) in [6.07, 6.45) is 3.88. The van der Waals surface area contributed by atoms with Gasteiger partial charge in [-0.05, 0) is 62.5 Å². The Bertz CT molecular complexity index is 847. The molecule has 4 atom stereocenters. The van der Waals surface area contributed by atoms with Crippen molar-refractivity contribution in [1.29, 1.82) is 0 Å². The lowest BCUT2D eigenvalue weighted by Crippen LogP contribution is -2.53. The number of nitrogens with one attached hydrogen (secondary N) is 1. The summed E-state index contributed by atoms with van der Waals surface area (Å²) in [7, 11) is 0. The fraction of sp³-hybridized carbons (Fsp3) is 0.619. The molecule has 2 heterocycles. The van der Waals surface area contributed by atoms with Crippen molar-refractivity contribution in [1.82, 2.24) is 10.2 Å². The minimum atomic E-state index is -1.31. The van der Waals surface area contributed by atoms with Gasteiger partial charge in [-0.2, -0.15) is 0 Å². The molecular weight excluding hydrogens is 399 g/mol. The number of rotatable bonds is 6. The van der Waals surface area contributed by atoms with Crippen molar-refractivity contribution in [2.24, 2.45) is 11.7 Å². The van der Waals surface area contributed by atoms with E-state index in [0.717, 1.165) is 18.9 Å². The molecule has 9 heteroatoms. The maximum Gasteiger partial charge on any atom is 0.252 e. The first-order valence-electron chi connectivity index (χ1n) is 10.4. The number of amides is 2. The highest BCUT2D eigenvalue weighted by Gasteiger charge is 2.49. The molecule has 0 aromatic heterocycles. The van der Waals surface area contributed by atoms with Gasteiger partial charge in [-0.1, -0.05) is 0 Å². The molecule has 1 saturated carbocycles. The van der Waals surface area contributed by atoms with Crippen LogP contribution in [0.3, 0.4) is 0 Å². The highest BCUT2D eigenvalue weighted by molar-refractivity contribution is 5.91. The number of nitrogens with zero attached hydrogens (tertiary/aromatic N) is 1. The highest BCUT2D eigenvalue weighted by Crippen LogP contribution is 2.40. The maximum absolute atomic E-state index is 14.0. The lowest BCUT2D eigenvalue weighted by molar-refractivity contribution is -0.139. The standard InChI is InChI=1S/C21H26F3N3O3/c22-15-9-17(24)16(23)7-11(15)8-18(25)12-5-13-1-2-14(6-12)27(13)19(28)10-26-20(29)21(30)3-4-21/h7,9,12-14,18,30H,1-6,8,10,25H2,(H,26,29)/t12?,13-,14+,18-/m1/s1. The summed E-state index contributed by atoms with van der Waals surface area (Å²) in [5.74, 6) is -3.80. The first-order valence-corrected chi connectivity index (χ1v) is 10.4. The van der Waals surface area contributed by atoms with Gasteiger partial charge in [0.2, 0.25) is 5.91 Å². The molecule has 0 spiro atoms. The Morgan fingerprint density at radius 1 is 1.13 bits per heavy atom. The van der Waals surface area contributed by atoms with Crippen molar-refractivity contribution in [3.63, 3.8) is 0 Å². The van der Waals surface area contributed by atoms with E-state index in [1.54, 1.807) is 4.90 Å². The van der Waals surface area contributed by atoms with Gasteiger partial charge in [-0.3, -0.25) is 9.59 Å². The SMILES string of the molecule is N[C@H](Cc1cc(F)c(F)cc1F)C1C[C@H]2CC[C@@H](C1)N2C(=O)CNC(=O)C1(O)CC1. The van der Waals surface area contributed by atoms with Crippen molar-refractivity contribution in [2.75, 3.05) is 6.54 Å². The Labute approximate surface area is 172 Å². The average Bonchev–Trinajstić information content (AvgIpc) is 3.40. The molecule has 2 aliphatic heterocycles. The molecule has 1 aromatic carbocycles. The molecular formula is C21H26F3N3O3. The third-order valence-electron chi connectivity index (χ3n) is 6.75. The summed E-state index contributed by atoms with van der Waals surface area (Å²) < 4.78 is 40.6. The predicted octanol–water partition coefficient (Wildman–Crippen LogP) is 1.38. The van der Waals surface area contributed by atoms with Crippen molar-refractivity contribution in [2.45, 2.75) is 68.7 Å². The van der Waals surface area contributed by atoms with E-state index in [9.17, 15) is 27.9 Å². The lowest BCUT2D eigenvalue weighted by atomic mass is 9.82. The van der Waals surface area contributed by atoms with Crippen molar-refractivity contribution in [3.05, 3.63) is 35.1 Å². The Kier molecular flexibility index (Phi) is 5.52. The smallest absolute Gasteiger partial charge is 0.252 e. The van der Waals surface area contributed by atoms with E-state index in [4.69, 9.17) is 5.73 Å². The van der Waals surface area contributed by atoms with Gasteiger partial charge in [-0.25, -0.2) is 13.2 Å². The summed E-state index contributed by atoms with van der Waals surface area (Å²) in [4.78, 5) is 26.3. The van der Waals surface area contributed by atoms with E-state index in [1.165, 1.54) is 0 Å². The molecule has 3 aliphatic rings. The summed E-state index contributed by atoms with van der Waals surface area (Å²) in [5, 5.41) is 12.3. The van der Waals surface area contributed by atoms with Gasteiger partial charge >= 0.3 is 0 Å². The quantitative estimate of drug-likeness (QED) is 0.600. The third kappa shape index (κ3) is 4.05. The van der Waals surface area contributed by atoms with Crippen LogP contribution < -0.4 is 11.1 Å². The van der Waals surface area contributed by atoms with Crippen LogP contribution in [0.25, 0.3) is 0 Å². The molecule has 6 nitrogen and oxygen atoms in total. The molecule has 164 valence electrons. The fourth-order valence-electron chi connectivity index (χ4n) is 4.87. The van der Waals surface area contributed by atoms with Crippen LogP contribution in [-0.4, -0.2) is 52.1 Å². The number of hydrogen-bond donors (Lipinski definition) is 3. The van der Waals surface area contributed by atoms with Crippen LogP contribution in [0, 0.1) is 23.4 Å². The summed E-state index contributed by atoms with van der Waals surface area (Å²) in [5.41, 5.74) is 5.03. The zero-order valence-electron chi connectivity index (χ0n) is 16.5. The number of halogens is 3. The largest absolute Gasteiger partial charge is 0.380 e. The molecule has 1 aromatic rings. The van der Waals surface area contributed by atoms with Crippen molar-refractivity contribution < 1.29 is 27.9 Å². The zero-order valence-corrected chi connectivity index (χ0v) is 16.5. The molecule has 4 rings (SSSR count). The topological polar surface area (TPSA) is 95.7 Å². The predicted molar refractivity (Wildman–Crippen MR) is 102 cm³/mol. The molecule has 30 heavy (non-hydrogen) atoms. The first-order chi connectivity index (χ1) is 14.2. The number of benzene rings is 1. The Morgan fingerprint density at radius 3 is 2.33 bits per heavy atom. The van der Waals surface area contributed by atoms with Crippen LogP contribution in [0.1, 0.15) is 44.1 Å². The lowest BCUT2D eigenvalue weighted by Gasteiger charge is -2.41. The summed E-state index contributed by atoms with van der Waals surface area (Å²) >= 11 is 0. The maximum atomic E-state index is 14.0. The number of carbonyl (C=O) groups excluding carboxylic acids is 2. The molecule has 2 bridgehead atoms. The van der Waals surface area contributed by atoms with E-state index >= 15 is 0 Å².